The zero-order valence-electron chi connectivity index (χ0n) is 18.0. The van der Waals surface area contributed by atoms with Gasteiger partial charge in [0.15, 0.2) is 5.57 Å². The first kappa shape index (κ1) is 24.6. The molecule has 0 aromatic carbocycles. The molecule has 32 heavy (non-hydrogen) atoms. The van der Waals surface area contributed by atoms with Crippen molar-refractivity contribution in [2.24, 2.45) is 5.92 Å². The van der Waals surface area contributed by atoms with Crippen LogP contribution < -0.4 is 30.7 Å². The zero-order chi connectivity index (χ0) is 23.7. The molecule has 0 spiro atoms. The van der Waals surface area contributed by atoms with E-state index in [-0.39, 0.29) is 57.9 Å². The van der Waals surface area contributed by atoms with Crippen LogP contribution in [0.25, 0.3) is 11.8 Å². The molecule has 2 heterocycles. The van der Waals surface area contributed by atoms with Crippen molar-refractivity contribution in [3.63, 3.8) is 0 Å². The van der Waals surface area contributed by atoms with Crippen molar-refractivity contribution >= 4 is 40.8 Å². The topological polar surface area (TPSA) is 145 Å². The number of nitriles is 1. The predicted octanol–water partition coefficient (Wildman–Crippen LogP) is -0.578. The van der Waals surface area contributed by atoms with Gasteiger partial charge in [-0.3, -0.25) is 14.2 Å². The van der Waals surface area contributed by atoms with Gasteiger partial charge in [0.2, 0.25) is 5.95 Å². The van der Waals surface area contributed by atoms with E-state index in [1.807, 2.05) is 19.9 Å². The predicted molar refractivity (Wildman–Crippen MR) is 124 cm³/mol. The summed E-state index contributed by atoms with van der Waals surface area (Å²) in [6.07, 6.45) is 8.12. The van der Waals surface area contributed by atoms with Crippen molar-refractivity contribution in [3.05, 3.63) is 31.8 Å². The summed E-state index contributed by atoms with van der Waals surface area (Å²) in [5, 5.41) is 27.4. The van der Waals surface area contributed by atoms with Crippen molar-refractivity contribution in [2.45, 2.75) is 33.4 Å². The third-order valence-electron chi connectivity index (χ3n) is 4.45. The summed E-state index contributed by atoms with van der Waals surface area (Å²) in [6, 6.07) is 3.36. The Balaban J connectivity index is 2.41. The highest BCUT2D eigenvalue weighted by Gasteiger charge is 2.15. The van der Waals surface area contributed by atoms with E-state index in [0.29, 0.717) is 5.82 Å². The molecule has 10 nitrogen and oxygen atoms in total. The lowest BCUT2D eigenvalue weighted by molar-refractivity contribution is -0.115. The van der Waals surface area contributed by atoms with E-state index in [0.717, 1.165) is 11.3 Å². The van der Waals surface area contributed by atoms with Crippen LogP contribution in [0.2, 0.25) is 0 Å². The van der Waals surface area contributed by atoms with E-state index >= 15 is 0 Å². The standard InChI is InChI=1S/C21H25N7O3S/c1-5-8-23-18(30)14(10-22)20-28(6-2)19(31)16(32-20)11-25-21-24-9-7-17(27-21)26-15(12-29)13(3)4/h1,7,9,11,13,15,29H,6,8,12H2,2-4H3,(H,23,30)(H2,24,25,26,27)/b16-11+,20-14-/t15-/m0/s1. The van der Waals surface area contributed by atoms with Crippen molar-refractivity contribution in [2.75, 3.05) is 23.8 Å². The molecule has 0 saturated heterocycles. The minimum absolute atomic E-state index is 0.0258. The van der Waals surface area contributed by atoms with Crippen LogP contribution in [0.15, 0.2) is 17.1 Å². The molecule has 4 N–H and O–H groups in total. The van der Waals surface area contributed by atoms with Gasteiger partial charge >= 0.3 is 0 Å². The Morgan fingerprint density at radius 2 is 2.22 bits per heavy atom. The molecule has 0 bridgehead atoms. The molecule has 11 heteroatoms. The van der Waals surface area contributed by atoms with Crippen LogP contribution in [0, 0.1) is 29.6 Å². The molecule has 0 aliphatic rings. The molecule has 2 rings (SSSR count). The molecule has 1 atom stereocenters. The SMILES string of the molecule is C#CCNC(=O)/C(C#N)=c1\s/c(=C/Nc2nccc(N[C@@H](CO)C(C)C)n2)c(=O)n1CC. The Morgan fingerprint density at radius 1 is 1.47 bits per heavy atom. The summed E-state index contributed by atoms with van der Waals surface area (Å²) in [5.41, 5.74) is -0.540. The highest BCUT2D eigenvalue weighted by molar-refractivity contribution is 7.07. The van der Waals surface area contributed by atoms with Crippen molar-refractivity contribution < 1.29 is 9.90 Å². The van der Waals surface area contributed by atoms with E-state index in [9.17, 15) is 20.0 Å². The summed E-state index contributed by atoms with van der Waals surface area (Å²) in [7, 11) is 0. The first-order valence-corrected chi connectivity index (χ1v) is 10.7. The quantitative estimate of drug-likeness (QED) is 0.368. The maximum atomic E-state index is 12.8. The van der Waals surface area contributed by atoms with Gasteiger partial charge in [-0.15, -0.1) is 17.8 Å². The van der Waals surface area contributed by atoms with Crippen LogP contribution in [0.5, 0.6) is 0 Å². The second-order valence-corrected chi connectivity index (χ2v) is 7.96. The Labute approximate surface area is 189 Å². The van der Waals surface area contributed by atoms with E-state index in [4.69, 9.17) is 6.42 Å². The van der Waals surface area contributed by atoms with Crippen molar-refractivity contribution in [3.8, 4) is 18.4 Å². The van der Waals surface area contributed by atoms with Gasteiger partial charge in [0, 0.05) is 18.9 Å². The van der Waals surface area contributed by atoms with Crippen LogP contribution in [0.1, 0.15) is 20.8 Å². The molecular weight excluding hydrogens is 430 g/mol. The van der Waals surface area contributed by atoms with Gasteiger partial charge in [-0.1, -0.05) is 19.8 Å². The number of nitrogens with zero attached hydrogens (tertiary/aromatic N) is 4. The third kappa shape index (κ3) is 5.94. The summed E-state index contributed by atoms with van der Waals surface area (Å²) in [6.45, 7) is 5.91. The maximum absolute atomic E-state index is 12.8. The Morgan fingerprint density at radius 3 is 2.81 bits per heavy atom. The normalized spacial score (nSPS) is 13.2. The first-order valence-electron chi connectivity index (χ1n) is 9.89. The Hall–Kier alpha value is -3.67. The number of nitrogens with one attached hydrogen (secondary N) is 3. The van der Waals surface area contributed by atoms with Gasteiger partial charge in [0.25, 0.3) is 11.5 Å². The smallest absolute Gasteiger partial charge is 0.270 e. The molecular formula is C21H25N7O3S. The molecule has 0 saturated carbocycles. The number of hydrogen-bond donors (Lipinski definition) is 4. The van der Waals surface area contributed by atoms with E-state index in [2.05, 4.69) is 31.8 Å². The summed E-state index contributed by atoms with van der Waals surface area (Å²) in [4.78, 5) is 33.5. The number of aliphatic hydroxyl groups excluding tert-OH is 1. The summed E-state index contributed by atoms with van der Waals surface area (Å²) >= 11 is 1.00. The lowest BCUT2D eigenvalue weighted by Gasteiger charge is -2.20. The number of terminal acetylenes is 1. The molecule has 2 aromatic heterocycles. The lowest BCUT2D eigenvalue weighted by atomic mass is 10.1. The summed E-state index contributed by atoms with van der Waals surface area (Å²) < 4.78 is 1.86. The van der Waals surface area contributed by atoms with Crippen molar-refractivity contribution in [1.29, 1.82) is 5.26 Å². The molecule has 2 aromatic rings. The molecule has 1 amide bonds. The van der Waals surface area contributed by atoms with Gasteiger partial charge in [-0.25, -0.2) is 4.98 Å². The Kier molecular flexibility index (Phi) is 8.95. The molecule has 0 radical (unpaired) electrons. The fraction of sp³-hybridized carbons (Fsp3) is 0.381. The Bertz CT molecular complexity index is 1220. The summed E-state index contributed by atoms with van der Waals surface area (Å²) in [5.74, 6) is 2.58. The fourth-order valence-corrected chi connectivity index (χ4v) is 3.75. The molecule has 0 aliphatic carbocycles. The molecule has 0 aliphatic heterocycles. The average molecular weight is 456 g/mol. The van der Waals surface area contributed by atoms with Gasteiger partial charge in [-0.05, 0) is 18.9 Å². The van der Waals surface area contributed by atoms with Gasteiger partial charge < -0.3 is 21.1 Å². The largest absolute Gasteiger partial charge is 0.394 e. The minimum Gasteiger partial charge on any atom is -0.394 e. The highest BCUT2D eigenvalue weighted by Crippen LogP contribution is 2.11. The molecule has 0 fully saturated rings. The van der Waals surface area contributed by atoms with Crippen LogP contribution in [0.4, 0.5) is 11.8 Å². The number of carbonyl (C=O) groups is 1. The molecule has 0 unspecified atom stereocenters. The fourth-order valence-electron chi connectivity index (χ4n) is 2.66. The van der Waals surface area contributed by atoms with Crippen LogP contribution in [-0.2, 0) is 11.3 Å². The highest BCUT2D eigenvalue weighted by atomic mass is 32.1. The van der Waals surface area contributed by atoms with Gasteiger partial charge in [0.1, 0.15) is 21.1 Å². The number of anilines is 2. The van der Waals surface area contributed by atoms with E-state index in [1.54, 1.807) is 19.2 Å². The number of rotatable bonds is 9. The lowest BCUT2D eigenvalue weighted by Crippen LogP contribution is -2.34. The number of carbonyl (C=O) groups excluding carboxylic acids is 1. The van der Waals surface area contributed by atoms with Crippen LogP contribution in [-0.4, -0.2) is 44.7 Å². The minimum atomic E-state index is -0.640. The zero-order valence-corrected chi connectivity index (χ0v) is 18.9. The number of thiazole rings is 1. The average Bonchev–Trinajstić information content (AvgIpc) is 3.10. The monoisotopic (exact) mass is 455 g/mol. The number of amides is 1. The van der Waals surface area contributed by atoms with E-state index in [1.165, 1.54) is 10.8 Å². The second kappa shape index (κ2) is 11.6. The number of aromatic nitrogens is 3. The molecule has 168 valence electrons. The van der Waals surface area contributed by atoms with Crippen LogP contribution in [0.3, 0.4) is 0 Å². The number of aliphatic hydroxyl groups is 1. The third-order valence-corrected chi connectivity index (χ3v) is 5.58. The first-order chi connectivity index (χ1) is 15.4. The van der Waals surface area contributed by atoms with Gasteiger partial charge in [-0.2, -0.15) is 10.2 Å². The van der Waals surface area contributed by atoms with Crippen molar-refractivity contribution in [1.82, 2.24) is 19.9 Å². The van der Waals surface area contributed by atoms with E-state index < -0.39 is 5.91 Å². The number of hydrogen-bond acceptors (Lipinski definition) is 9. The second-order valence-electron chi connectivity index (χ2n) is 6.93. The maximum Gasteiger partial charge on any atom is 0.270 e. The van der Waals surface area contributed by atoms with Gasteiger partial charge in [0.05, 0.1) is 19.2 Å². The van der Waals surface area contributed by atoms with Crippen LogP contribution >= 0.6 is 11.3 Å².